The number of carboxylic acids is 1. The molecule has 1 unspecified atom stereocenters. The van der Waals surface area contributed by atoms with Crippen molar-refractivity contribution in [1.82, 2.24) is 0 Å². The van der Waals surface area contributed by atoms with Gasteiger partial charge in [-0.15, -0.1) is 0 Å². The molecule has 0 fully saturated rings. The number of para-hydroxylation sites is 1. The van der Waals surface area contributed by atoms with Crippen molar-refractivity contribution in [2.24, 2.45) is 0 Å². The normalized spacial score (nSPS) is 12.8. The van der Waals surface area contributed by atoms with Gasteiger partial charge in [-0.25, -0.2) is 0 Å². The molecule has 1 atom stereocenters. The second-order valence-corrected chi connectivity index (χ2v) is 5.16. The number of aliphatic hydroxyl groups excluding tert-OH is 1. The van der Waals surface area contributed by atoms with Gasteiger partial charge in [-0.05, 0) is 36.6 Å². The summed E-state index contributed by atoms with van der Waals surface area (Å²) in [4.78, 5) is 10.5. The molecule has 108 valence electrons. The zero-order valence-electron chi connectivity index (χ0n) is 11.5. The number of hydrogen-bond acceptors (Lipinski definition) is 3. The van der Waals surface area contributed by atoms with E-state index in [-0.39, 0.29) is 6.42 Å². The molecule has 2 aromatic carbocycles. The molecule has 4 nitrogen and oxygen atoms in total. The van der Waals surface area contributed by atoms with Crippen LogP contribution in [0.2, 0.25) is 0 Å². The molecule has 2 N–H and O–H groups in total. The zero-order chi connectivity index (χ0) is 14.8. The van der Waals surface area contributed by atoms with Crippen LogP contribution in [0.1, 0.15) is 30.9 Å². The van der Waals surface area contributed by atoms with E-state index in [9.17, 15) is 9.90 Å². The Hall–Kier alpha value is -2.33. The number of carboxylic acid groups (broad SMARTS) is 1. The predicted octanol–water partition coefficient (Wildman–Crippen LogP) is 3.87. The van der Waals surface area contributed by atoms with E-state index in [1.165, 1.54) is 0 Å². The topological polar surface area (TPSA) is 70.7 Å². The van der Waals surface area contributed by atoms with Crippen molar-refractivity contribution in [2.75, 3.05) is 0 Å². The molecule has 0 aliphatic carbocycles. The van der Waals surface area contributed by atoms with E-state index >= 15 is 0 Å². The minimum atomic E-state index is -0.835. The SMILES string of the molecule is O=C(O)CCCC(O)c1ccc2oc3ccccc3c2c1. The Morgan fingerprint density at radius 3 is 2.67 bits per heavy atom. The molecular formula is C17H16O4. The van der Waals surface area contributed by atoms with Crippen LogP contribution >= 0.6 is 0 Å². The van der Waals surface area contributed by atoms with Crippen molar-refractivity contribution in [3.05, 3.63) is 48.0 Å². The Morgan fingerprint density at radius 2 is 1.86 bits per heavy atom. The smallest absolute Gasteiger partial charge is 0.303 e. The van der Waals surface area contributed by atoms with Crippen LogP contribution in [0.15, 0.2) is 46.9 Å². The average molecular weight is 284 g/mol. The maximum absolute atomic E-state index is 10.5. The standard InChI is InChI=1S/C17H16O4/c18-14(5-3-7-17(19)20)11-8-9-16-13(10-11)12-4-1-2-6-15(12)21-16/h1-2,4,6,8-10,14,18H,3,5,7H2,(H,19,20). The minimum absolute atomic E-state index is 0.0773. The van der Waals surface area contributed by atoms with Gasteiger partial charge in [0.15, 0.2) is 0 Å². The van der Waals surface area contributed by atoms with E-state index in [4.69, 9.17) is 9.52 Å². The largest absolute Gasteiger partial charge is 0.481 e. The lowest BCUT2D eigenvalue weighted by Gasteiger charge is -2.10. The second kappa shape index (κ2) is 5.58. The third-order valence-electron chi connectivity index (χ3n) is 3.65. The quantitative estimate of drug-likeness (QED) is 0.746. The van der Waals surface area contributed by atoms with Crippen LogP contribution in [0.3, 0.4) is 0 Å². The predicted molar refractivity (Wildman–Crippen MR) is 80.2 cm³/mol. The summed E-state index contributed by atoms with van der Waals surface area (Å²) in [5, 5.41) is 20.8. The Morgan fingerprint density at radius 1 is 1.10 bits per heavy atom. The summed E-state index contributed by atoms with van der Waals surface area (Å²) in [5.41, 5.74) is 2.40. The summed E-state index contributed by atoms with van der Waals surface area (Å²) in [7, 11) is 0. The van der Waals surface area contributed by atoms with Crippen LogP contribution in [0.5, 0.6) is 0 Å². The molecule has 0 aliphatic heterocycles. The van der Waals surface area contributed by atoms with Gasteiger partial charge in [0.2, 0.25) is 0 Å². The first-order valence-corrected chi connectivity index (χ1v) is 6.96. The number of furan rings is 1. The zero-order valence-corrected chi connectivity index (χ0v) is 11.5. The van der Waals surface area contributed by atoms with E-state index in [0.29, 0.717) is 12.8 Å². The van der Waals surface area contributed by atoms with Gasteiger partial charge in [-0.3, -0.25) is 4.79 Å². The second-order valence-electron chi connectivity index (χ2n) is 5.16. The highest BCUT2D eigenvalue weighted by atomic mass is 16.4. The van der Waals surface area contributed by atoms with E-state index in [2.05, 4.69) is 0 Å². The van der Waals surface area contributed by atoms with Gasteiger partial charge in [0.25, 0.3) is 0 Å². The number of carbonyl (C=O) groups is 1. The molecule has 1 aromatic heterocycles. The minimum Gasteiger partial charge on any atom is -0.481 e. The summed E-state index contributed by atoms with van der Waals surface area (Å²) in [6.45, 7) is 0. The van der Waals surface area contributed by atoms with Crippen molar-refractivity contribution >= 4 is 27.9 Å². The van der Waals surface area contributed by atoms with Crippen LogP contribution in [-0.2, 0) is 4.79 Å². The van der Waals surface area contributed by atoms with E-state index in [0.717, 1.165) is 27.5 Å². The fourth-order valence-electron chi connectivity index (χ4n) is 2.56. The molecule has 0 saturated carbocycles. The average Bonchev–Trinajstić information content (AvgIpc) is 2.84. The lowest BCUT2D eigenvalue weighted by Crippen LogP contribution is -2.00. The van der Waals surface area contributed by atoms with Crippen molar-refractivity contribution in [1.29, 1.82) is 0 Å². The molecule has 0 bridgehead atoms. The number of rotatable bonds is 5. The molecule has 0 saturated heterocycles. The maximum Gasteiger partial charge on any atom is 0.303 e. The van der Waals surface area contributed by atoms with Crippen LogP contribution in [0, 0.1) is 0 Å². The lowest BCUT2D eigenvalue weighted by atomic mass is 10.0. The molecule has 0 amide bonds. The fourth-order valence-corrected chi connectivity index (χ4v) is 2.56. The fraction of sp³-hybridized carbons (Fsp3) is 0.235. The Kier molecular flexibility index (Phi) is 3.62. The maximum atomic E-state index is 10.5. The van der Waals surface area contributed by atoms with Crippen molar-refractivity contribution in [3.63, 3.8) is 0 Å². The number of hydrogen-bond donors (Lipinski definition) is 2. The third-order valence-corrected chi connectivity index (χ3v) is 3.65. The number of fused-ring (bicyclic) bond motifs is 3. The number of aliphatic carboxylic acids is 1. The highest BCUT2D eigenvalue weighted by Crippen LogP contribution is 2.31. The van der Waals surface area contributed by atoms with E-state index < -0.39 is 12.1 Å². The summed E-state index contributed by atoms with van der Waals surface area (Å²) < 4.78 is 5.74. The molecular weight excluding hydrogens is 268 g/mol. The Balaban J connectivity index is 1.89. The lowest BCUT2D eigenvalue weighted by molar-refractivity contribution is -0.137. The summed E-state index contributed by atoms with van der Waals surface area (Å²) in [5.74, 6) is -0.835. The van der Waals surface area contributed by atoms with Crippen molar-refractivity contribution in [3.8, 4) is 0 Å². The number of benzene rings is 2. The summed E-state index contributed by atoms with van der Waals surface area (Å²) in [6.07, 6.45) is 0.324. The molecule has 21 heavy (non-hydrogen) atoms. The molecule has 4 heteroatoms. The highest BCUT2D eigenvalue weighted by Gasteiger charge is 2.12. The van der Waals surface area contributed by atoms with E-state index in [1.54, 1.807) is 0 Å². The van der Waals surface area contributed by atoms with Gasteiger partial charge in [0.1, 0.15) is 11.2 Å². The first kappa shape index (κ1) is 13.6. The van der Waals surface area contributed by atoms with Crippen molar-refractivity contribution in [2.45, 2.75) is 25.4 Å². The Labute approximate surface area is 121 Å². The van der Waals surface area contributed by atoms with Gasteiger partial charge in [0, 0.05) is 17.2 Å². The summed E-state index contributed by atoms with van der Waals surface area (Å²) >= 11 is 0. The molecule has 0 spiro atoms. The molecule has 3 rings (SSSR count). The molecule has 0 radical (unpaired) electrons. The van der Waals surface area contributed by atoms with Crippen LogP contribution < -0.4 is 0 Å². The third kappa shape index (κ3) is 2.76. The Bertz CT molecular complexity index is 788. The number of aliphatic hydroxyl groups is 1. The van der Waals surface area contributed by atoms with Gasteiger partial charge < -0.3 is 14.6 Å². The van der Waals surface area contributed by atoms with Crippen molar-refractivity contribution < 1.29 is 19.4 Å². The van der Waals surface area contributed by atoms with Gasteiger partial charge in [-0.2, -0.15) is 0 Å². The van der Waals surface area contributed by atoms with E-state index in [1.807, 2.05) is 42.5 Å². The van der Waals surface area contributed by atoms with Gasteiger partial charge >= 0.3 is 5.97 Å². The van der Waals surface area contributed by atoms with Crippen LogP contribution in [-0.4, -0.2) is 16.2 Å². The highest BCUT2D eigenvalue weighted by molar-refractivity contribution is 6.04. The summed E-state index contributed by atoms with van der Waals surface area (Å²) in [6, 6.07) is 13.4. The first-order chi connectivity index (χ1) is 10.1. The molecule has 1 heterocycles. The van der Waals surface area contributed by atoms with Crippen LogP contribution in [0.25, 0.3) is 21.9 Å². The first-order valence-electron chi connectivity index (χ1n) is 6.96. The van der Waals surface area contributed by atoms with Crippen LogP contribution in [0.4, 0.5) is 0 Å². The molecule has 0 aliphatic rings. The van der Waals surface area contributed by atoms with Gasteiger partial charge in [-0.1, -0.05) is 24.3 Å². The monoisotopic (exact) mass is 284 g/mol. The van der Waals surface area contributed by atoms with Gasteiger partial charge in [0.05, 0.1) is 6.10 Å². The molecule has 3 aromatic rings.